The van der Waals surface area contributed by atoms with Crippen LogP contribution in [0.25, 0.3) is 50.0 Å². The maximum atomic E-state index is 6.51. The zero-order valence-corrected chi connectivity index (χ0v) is 27.0. The van der Waals surface area contributed by atoms with Crippen molar-refractivity contribution in [3.63, 3.8) is 0 Å². The Labute approximate surface area is 285 Å². The number of rotatable bonds is 5. The van der Waals surface area contributed by atoms with Crippen molar-refractivity contribution in [3.05, 3.63) is 174 Å². The van der Waals surface area contributed by atoms with Crippen LogP contribution in [0.15, 0.2) is 152 Å². The molecule has 10 rings (SSSR count). The third-order valence-corrected chi connectivity index (χ3v) is 10.6. The fourth-order valence-corrected chi connectivity index (χ4v) is 8.41. The number of aromatic nitrogens is 3. The van der Waals surface area contributed by atoms with Gasteiger partial charge >= 0.3 is 0 Å². The van der Waals surface area contributed by atoms with Gasteiger partial charge in [0.25, 0.3) is 0 Å². The molecule has 0 unspecified atom stereocenters. The summed E-state index contributed by atoms with van der Waals surface area (Å²) < 4.78 is 8.71. The average Bonchev–Trinajstić information content (AvgIpc) is 3.80. The van der Waals surface area contributed by atoms with Gasteiger partial charge in [-0.3, -0.25) is 9.55 Å². The average molecular weight is 632 g/mol. The molecule has 8 aromatic rings. The van der Waals surface area contributed by atoms with Gasteiger partial charge in [0.05, 0.1) is 16.7 Å². The summed E-state index contributed by atoms with van der Waals surface area (Å²) in [6.45, 7) is 0. The number of hydrogen-bond acceptors (Lipinski definition) is 3. The van der Waals surface area contributed by atoms with Gasteiger partial charge in [0.1, 0.15) is 17.3 Å². The quantitative estimate of drug-likeness (QED) is 0.190. The molecule has 3 heterocycles. The van der Waals surface area contributed by atoms with E-state index in [4.69, 9.17) is 9.72 Å². The Morgan fingerprint density at radius 1 is 0.469 bits per heavy atom. The van der Waals surface area contributed by atoms with Crippen molar-refractivity contribution in [3.8, 4) is 39.7 Å². The molecule has 0 aliphatic heterocycles. The molecular formula is C45H33N3O. The lowest BCUT2D eigenvalue weighted by molar-refractivity contribution is 0.326. The molecule has 49 heavy (non-hydrogen) atoms. The number of ether oxygens (including phenoxy) is 1. The number of hydrogen-bond donors (Lipinski definition) is 0. The molecular weight excluding hydrogens is 599 g/mol. The summed E-state index contributed by atoms with van der Waals surface area (Å²) in [5.41, 5.74) is 13.0. The molecule has 0 fully saturated rings. The predicted octanol–water partition coefficient (Wildman–Crippen LogP) is 10.6. The molecule has 3 aromatic heterocycles. The SMILES string of the molecule is c1ccc(-n2c3ccccc3c3ccc(Oc4cccc(-c5cc(-c6ccc7c(c6)CC6(Cc8ccccc8C6)C7)ccn5)c4)cc32)nc1. The van der Waals surface area contributed by atoms with Crippen LogP contribution < -0.4 is 4.74 Å². The Morgan fingerprint density at radius 2 is 1.20 bits per heavy atom. The monoisotopic (exact) mass is 631 g/mol. The Morgan fingerprint density at radius 3 is 2.06 bits per heavy atom. The van der Waals surface area contributed by atoms with E-state index in [1.54, 1.807) is 0 Å². The van der Waals surface area contributed by atoms with Crippen LogP contribution in [0.2, 0.25) is 0 Å². The van der Waals surface area contributed by atoms with Gasteiger partial charge in [-0.25, -0.2) is 4.98 Å². The molecule has 0 saturated carbocycles. The number of fused-ring (bicyclic) bond motifs is 5. The number of para-hydroxylation sites is 1. The number of nitrogens with zero attached hydrogens (tertiary/aromatic N) is 3. The molecule has 2 aliphatic carbocycles. The van der Waals surface area contributed by atoms with Gasteiger partial charge in [0.15, 0.2) is 0 Å². The first-order valence-electron chi connectivity index (χ1n) is 17.1. The molecule has 0 atom stereocenters. The van der Waals surface area contributed by atoms with E-state index in [2.05, 4.69) is 113 Å². The van der Waals surface area contributed by atoms with Gasteiger partial charge in [-0.15, -0.1) is 0 Å². The zero-order valence-electron chi connectivity index (χ0n) is 27.0. The fourth-order valence-electron chi connectivity index (χ4n) is 8.41. The molecule has 5 aromatic carbocycles. The van der Waals surface area contributed by atoms with E-state index >= 15 is 0 Å². The van der Waals surface area contributed by atoms with Gasteiger partial charge in [-0.1, -0.05) is 78.9 Å². The van der Waals surface area contributed by atoms with E-state index in [1.807, 2.05) is 48.8 Å². The first-order chi connectivity index (χ1) is 24.2. The summed E-state index contributed by atoms with van der Waals surface area (Å²) in [7, 11) is 0. The number of pyridine rings is 2. The Kier molecular flexibility index (Phi) is 6.32. The van der Waals surface area contributed by atoms with E-state index in [-0.39, 0.29) is 0 Å². The molecule has 4 heteroatoms. The summed E-state index contributed by atoms with van der Waals surface area (Å²) in [5, 5.41) is 2.35. The van der Waals surface area contributed by atoms with Crippen LogP contribution in [0, 0.1) is 5.41 Å². The molecule has 0 saturated heterocycles. The maximum Gasteiger partial charge on any atom is 0.137 e. The fraction of sp³-hybridized carbons (Fsp3) is 0.111. The molecule has 1 spiro atoms. The predicted molar refractivity (Wildman–Crippen MR) is 197 cm³/mol. The topological polar surface area (TPSA) is 39.9 Å². The first-order valence-corrected chi connectivity index (χ1v) is 17.1. The second-order valence-electron chi connectivity index (χ2n) is 13.7. The van der Waals surface area contributed by atoms with E-state index in [1.165, 1.54) is 63.4 Å². The van der Waals surface area contributed by atoms with Gasteiger partial charge in [0.2, 0.25) is 0 Å². The van der Waals surface area contributed by atoms with Crippen LogP contribution in [0.1, 0.15) is 22.3 Å². The van der Waals surface area contributed by atoms with Crippen LogP contribution in [-0.4, -0.2) is 14.5 Å². The smallest absolute Gasteiger partial charge is 0.137 e. The molecule has 234 valence electrons. The summed E-state index contributed by atoms with van der Waals surface area (Å²) >= 11 is 0. The van der Waals surface area contributed by atoms with Crippen molar-refractivity contribution >= 4 is 21.8 Å². The number of benzene rings is 5. The van der Waals surface area contributed by atoms with Crippen LogP contribution in [0.5, 0.6) is 11.5 Å². The second kappa shape index (κ2) is 11.0. The van der Waals surface area contributed by atoms with Gasteiger partial charge in [0, 0.05) is 34.8 Å². The minimum atomic E-state index is 0.341. The highest BCUT2D eigenvalue weighted by atomic mass is 16.5. The third-order valence-electron chi connectivity index (χ3n) is 10.6. The second-order valence-corrected chi connectivity index (χ2v) is 13.7. The zero-order chi connectivity index (χ0) is 32.4. The van der Waals surface area contributed by atoms with Crippen molar-refractivity contribution in [2.75, 3.05) is 0 Å². The minimum absolute atomic E-state index is 0.341. The van der Waals surface area contributed by atoms with E-state index in [0.717, 1.165) is 46.0 Å². The van der Waals surface area contributed by atoms with Crippen molar-refractivity contribution < 1.29 is 4.74 Å². The molecule has 0 bridgehead atoms. The van der Waals surface area contributed by atoms with E-state index in [0.29, 0.717) is 5.41 Å². The Balaban J connectivity index is 0.937. The Hall–Kier alpha value is -6.00. The van der Waals surface area contributed by atoms with Gasteiger partial charge in [-0.2, -0.15) is 0 Å². The van der Waals surface area contributed by atoms with Crippen LogP contribution >= 0.6 is 0 Å². The lowest BCUT2D eigenvalue weighted by Gasteiger charge is -2.21. The van der Waals surface area contributed by atoms with Crippen molar-refractivity contribution in [1.82, 2.24) is 14.5 Å². The van der Waals surface area contributed by atoms with E-state index in [9.17, 15) is 0 Å². The van der Waals surface area contributed by atoms with Gasteiger partial charge in [-0.05, 0) is 119 Å². The third kappa shape index (κ3) is 4.83. The van der Waals surface area contributed by atoms with Crippen LogP contribution in [-0.2, 0) is 25.7 Å². The first kappa shape index (κ1) is 28.1. The summed E-state index contributed by atoms with van der Waals surface area (Å²) in [4.78, 5) is 9.45. The summed E-state index contributed by atoms with van der Waals surface area (Å²) in [6.07, 6.45) is 8.45. The van der Waals surface area contributed by atoms with Crippen LogP contribution in [0.3, 0.4) is 0 Å². The lowest BCUT2D eigenvalue weighted by Crippen LogP contribution is -2.21. The minimum Gasteiger partial charge on any atom is -0.457 e. The standard InChI is InChI=1S/C45H33N3O/c1-2-9-34-27-45(26-33(34)8-1)28-35-16-15-30(22-36(35)29-45)31-19-21-46-41(24-31)32-10-7-11-37(23-32)49-38-17-18-40-39-12-3-4-13-42(39)48(43(40)25-38)44-14-5-6-20-47-44/h1-25H,26-29H2. The van der Waals surface area contributed by atoms with Crippen molar-refractivity contribution in [2.24, 2.45) is 5.41 Å². The molecule has 0 radical (unpaired) electrons. The Bertz CT molecular complexity index is 2520. The molecule has 2 aliphatic rings. The van der Waals surface area contributed by atoms with Crippen LogP contribution in [0.4, 0.5) is 0 Å². The van der Waals surface area contributed by atoms with E-state index < -0.39 is 0 Å². The summed E-state index contributed by atoms with van der Waals surface area (Å²) in [6, 6.07) is 49.4. The van der Waals surface area contributed by atoms with Crippen molar-refractivity contribution in [2.45, 2.75) is 25.7 Å². The maximum absolute atomic E-state index is 6.51. The highest BCUT2D eigenvalue weighted by Gasteiger charge is 2.41. The molecule has 0 amide bonds. The highest BCUT2D eigenvalue weighted by molar-refractivity contribution is 6.09. The van der Waals surface area contributed by atoms with Crippen molar-refractivity contribution in [1.29, 1.82) is 0 Å². The highest BCUT2D eigenvalue weighted by Crippen LogP contribution is 2.48. The lowest BCUT2D eigenvalue weighted by atomic mass is 9.82. The molecule has 0 N–H and O–H groups in total. The largest absolute Gasteiger partial charge is 0.457 e. The van der Waals surface area contributed by atoms with Gasteiger partial charge < -0.3 is 4.74 Å². The normalized spacial score (nSPS) is 14.4. The summed E-state index contributed by atoms with van der Waals surface area (Å²) in [5.74, 6) is 2.42. The molecule has 4 nitrogen and oxygen atoms in total.